The minimum atomic E-state index is 0.311. The zero-order chi connectivity index (χ0) is 12.2. The van der Waals surface area contributed by atoms with Gasteiger partial charge in [0.1, 0.15) is 0 Å². The van der Waals surface area contributed by atoms with Crippen LogP contribution in [0.15, 0.2) is 24.3 Å². The Hall–Kier alpha value is -1.35. The number of aryl methyl sites for hydroxylation is 1. The largest absolute Gasteiger partial charge is 0.330 e. The van der Waals surface area contributed by atoms with Crippen LogP contribution in [-0.2, 0) is 7.05 Å². The first-order valence-electron chi connectivity index (χ1n) is 6.19. The van der Waals surface area contributed by atoms with Crippen molar-refractivity contribution < 1.29 is 0 Å². The molecule has 1 heterocycles. The first kappa shape index (κ1) is 10.8. The highest BCUT2D eigenvalue weighted by Crippen LogP contribution is 2.64. The second-order valence-electron chi connectivity index (χ2n) is 5.67. The maximum atomic E-state index is 5.87. The van der Waals surface area contributed by atoms with Gasteiger partial charge >= 0.3 is 0 Å². The van der Waals surface area contributed by atoms with E-state index >= 15 is 0 Å². The normalized spacial score (nSPS) is 26.4. The van der Waals surface area contributed by atoms with Gasteiger partial charge < -0.3 is 5.73 Å². The number of fused-ring (bicyclic) bond motifs is 1. The van der Waals surface area contributed by atoms with Crippen LogP contribution in [0.3, 0.4) is 0 Å². The zero-order valence-electron chi connectivity index (χ0n) is 10.6. The summed E-state index contributed by atoms with van der Waals surface area (Å²) in [6.45, 7) is 5.37. The molecule has 2 N–H and O–H groups in total. The van der Waals surface area contributed by atoms with E-state index in [4.69, 9.17) is 5.73 Å². The number of aromatic nitrogens is 2. The van der Waals surface area contributed by atoms with Crippen LogP contribution < -0.4 is 5.73 Å². The molecule has 3 rings (SSSR count). The molecule has 2 atom stereocenters. The summed E-state index contributed by atoms with van der Waals surface area (Å²) >= 11 is 0. The van der Waals surface area contributed by atoms with Gasteiger partial charge in [-0.25, -0.2) is 0 Å². The van der Waals surface area contributed by atoms with Crippen molar-refractivity contribution in [1.82, 2.24) is 9.78 Å². The molecule has 1 saturated carbocycles. The highest BCUT2D eigenvalue weighted by atomic mass is 15.3. The fourth-order valence-electron chi connectivity index (χ4n) is 3.26. The van der Waals surface area contributed by atoms with Crippen molar-refractivity contribution in [3.8, 4) is 0 Å². The molecule has 0 spiro atoms. The first-order valence-corrected chi connectivity index (χ1v) is 6.19. The van der Waals surface area contributed by atoms with Gasteiger partial charge in [-0.05, 0) is 23.9 Å². The quantitative estimate of drug-likeness (QED) is 0.858. The molecule has 3 nitrogen and oxygen atoms in total. The van der Waals surface area contributed by atoms with Gasteiger partial charge in [0.15, 0.2) is 0 Å². The van der Waals surface area contributed by atoms with Crippen LogP contribution in [0.4, 0.5) is 0 Å². The van der Waals surface area contributed by atoms with E-state index in [1.54, 1.807) is 0 Å². The van der Waals surface area contributed by atoms with Gasteiger partial charge in [0.25, 0.3) is 0 Å². The Labute approximate surface area is 102 Å². The Balaban J connectivity index is 2.16. The topological polar surface area (TPSA) is 43.8 Å². The van der Waals surface area contributed by atoms with E-state index in [9.17, 15) is 0 Å². The Morgan fingerprint density at radius 2 is 2.06 bits per heavy atom. The lowest BCUT2D eigenvalue weighted by Gasteiger charge is -2.04. The molecular weight excluding hydrogens is 210 g/mol. The van der Waals surface area contributed by atoms with Gasteiger partial charge in [-0.1, -0.05) is 32.0 Å². The molecule has 1 aliphatic rings. The third-order valence-electron chi connectivity index (χ3n) is 4.39. The van der Waals surface area contributed by atoms with Crippen molar-refractivity contribution in [2.45, 2.75) is 19.8 Å². The van der Waals surface area contributed by atoms with Gasteiger partial charge in [-0.3, -0.25) is 4.68 Å². The summed E-state index contributed by atoms with van der Waals surface area (Å²) in [5, 5.41) is 5.87. The van der Waals surface area contributed by atoms with Crippen LogP contribution in [-0.4, -0.2) is 16.3 Å². The van der Waals surface area contributed by atoms with Crippen LogP contribution in [0.2, 0.25) is 0 Å². The van der Waals surface area contributed by atoms with Gasteiger partial charge in [0, 0.05) is 24.0 Å². The first-order chi connectivity index (χ1) is 8.07. The van der Waals surface area contributed by atoms with E-state index in [0.29, 0.717) is 17.3 Å². The maximum absolute atomic E-state index is 5.87. The lowest BCUT2D eigenvalue weighted by atomic mass is 10.0. The summed E-state index contributed by atoms with van der Waals surface area (Å²) in [5.41, 5.74) is 8.62. The van der Waals surface area contributed by atoms with Gasteiger partial charge in [-0.2, -0.15) is 5.10 Å². The third-order valence-corrected chi connectivity index (χ3v) is 4.39. The molecule has 0 bridgehead atoms. The minimum absolute atomic E-state index is 0.311. The lowest BCUT2D eigenvalue weighted by Crippen LogP contribution is -2.05. The van der Waals surface area contributed by atoms with E-state index in [1.165, 1.54) is 11.1 Å². The number of rotatable bonds is 2. The van der Waals surface area contributed by atoms with Gasteiger partial charge in [0.2, 0.25) is 0 Å². The molecule has 1 aromatic heterocycles. The fraction of sp³-hybridized carbons (Fsp3) is 0.500. The van der Waals surface area contributed by atoms with Crippen molar-refractivity contribution in [1.29, 1.82) is 0 Å². The molecule has 0 aliphatic heterocycles. The number of hydrogen-bond acceptors (Lipinski definition) is 2. The van der Waals surface area contributed by atoms with E-state index in [-0.39, 0.29) is 0 Å². The Bertz CT molecular complexity index is 568. The van der Waals surface area contributed by atoms with E-state index in [2.05, 4.69) is 37.1 Å². The molecule has 1 fully saturated rings. The van der Waals surface area contributed by atoms with Crippen LogP contribution >= 0.6 is 0 Å². The molecule has 0 saturated heterocycles. The van der Waals surface area contributed by atoms with Crippen molar-refractivity contribution in [3.63, 3.8) is 0 Å². The monoisotopic (exact) mass is 229 g/mol. The number of nitrogens with two attached hydrogens (primary N) is 1. The Kier molecular flexibility index (Phi) is 2.11. The van der Waals surface area contributed by atoms with Gasteiger partial charge in [0.05, 0.1) is 5.52 Å². The number of nitrogens with zero attached hydrogens (tertiary/aromatic N) is 2. The standard InChI is InChI=1S/C14H19N3/c1-14(2)10(8-15)12(14)13-9-6-4-5-7-11(9)16-17(13)3/h4-7,10,12H,8,15H2,1-3H3. The van der Waals surface area contributed by atoms with Crippen LogP contribution in [0.25, 0.3) is 10.9 Å². The van der Waals surface area contributed by atoms with E-state index < -0.39 is 0 Å². The molecule has 90 valence electrons. The predicted molar refractivity (Wildman–Crippen MR) is 69.8 cm³/mol. The van der Waals surface area contributed by atoms with Crippen LogP contribution in [0.5, 0.6) is 0 Å². The van der Waals surface area contributed by atoms with Crippen molar-refractivity contribution in [3.05, 3.63) is 30.0 Å². The van der Waals surface area contributed by atoms with Crippen molar-refractivity contribution in [2.75, 3.05) is 6.54 Å². The number of hydrogen-bond donors (Lipinski definition) is 1. The van der Waals surface area contributed by atoms with Crippen LogP contribution in [0.1, 0.15) is 25.5 Å². The SMILES string of the molecule is Cn1nc2ccccc2c1C1C(CN)C1(C)C. The summed E-state index contributed by atoms with van der Waals surface area (Å²) in [6, 6.07) is 8.36. The predicted octanol–water partition coefficient (Wildman–Crippen LogP) is 2.27. The molecule has 0 radical (unpaired) electrons. The molecule has 2 unspecified atom stereocenters. The zero-order valence-corrected chi connectivity index (χ0v) is 10.6. The van der Waals surface area contributed by atoms with E-state index in [0.717, 1.165) is 12.1 Å². The fourth-order valence-corrected chi connectivity index (χ4v) is 3.26. The highest BCUT2D eigenvalue weighted by Gasteiger charge is 2.58. The average molecular weight is 229 g/mol. The Morgan fingerprint density at radius 1 is 1.35 bits per heavy atom. The van der Waals surface area contributed by atoms with Gasteiger partial charge in [-0.15, -0.1) is 0 Å². The summed E-state index contributed by atoms with van der Waals surface area (Å²) < 4.78 is 2.03. The second-order valence-corrected chi connectivity index (χ2v) is 5.67. The average Bonchev–Trinajstić information content (AvgIpc) is 2.67. The lowest BCUT2D eigenvalue weighted by molar-refractivity contribution is 0.553. The minimum Gasteiger partial charge on any atom is -0.330 e. The maximum Gasteiger partial charge on any atom is 0.0926 e. The Morgan fingerprint density at radius 3 is 2.71 bits per heavy atom. The second kappa shape index (κ2) is 3.33. The van der Waals surface area contributed by atoms with Crippen molar-refractivity contribution >= 4 is 10.9 Å². The summed E-state index contributed by atoms with van der Waals surface area (Å²) in [4.78, 5) is 0. The number of benzene rings is 1. The molecule has 17 heavy (non-hydrogen) atoms. The molecule has 2 aromatic rings. The summed E-state index contributed by atoms with van der Waals surface area (Å²) in [6.07, 6.45) is 0. The van der Waals surface area contributed by atoms with Crippen molar-refractivity contribution in [2.24, 2.45) is 24.1 Å². The molecule has 0 amide bonds. The third kappa shape index (κ3) is 1.35. The molecule has 1 aromatic carbocycles. The highest BCUT2D eigenvalue weighted by molar-refractivity contribution is 5.82. The summed E-state index contributed by atoms with van der Waals surface area (Å²) in [7, 11) is 2.04. The molecule has 1 aliphatic carbocycles. The molecular formula is C14H19N3. The molecule has 3 heteroatoms. The van der Waals surface area contributed by atoms with E-state index in [1.807, 2.05) is 17.8 Å². The smallest absolute Gasteiger partial charge is 0.0926 e. The van der Waals surface area contributed by atoms with Crippen LogP contribution in [0, 0.1) is 11.3 Å². The summed E-state index contributed by atoms with van der Waals surface area (Å²) in [5.74, 6) is 1.13.